The largest absolute Gasteiger partial charge is 0.507 e. The highest BCUT2D eigenvalue weighted by Crippen LogP contribution is 2.21. The summed E-state index contributed by atoms with van der Waals surface area (Å²) in [4.78, 5) is 17.8. The number of para-hydroxylation sites is 2. The monoisotopic (exact) mass is 420 g/mol. The van der Waals surface area contributed by atoms with Crippen molar-refractivity contribution in [3.63, 3.8) is 0 Å². The molecular weight excluding hydrogens is 411 g/mol. The second kappa shape index (κ2) is 5.06. The van der Waals surface area contributed by atoms with Gasteiger partial charge < -0.3 is 5.11 Å². The van der Waals surface area contributed by atoms with E-state index in [2.05, 4.69) is 27.6 Å². The molecule has 22 heavy (non-hydrogen) atoms. The van der Waals surface area contributed by atoms with Crippen LogP contribution in [-0.4, -0.2) is 14.5 Å². The predicted molar refractivity (Wildman–Crippen MR) is 96.5 cm³/mol. The summed E-state index contributed by atoms with van der Waals surface area (Å²) in [5.74, 6) is 0.243. The number of phenolic OH excluding ortho intramolecular Hbond substituents is 1. The number of rotatable bonds is 1. The minimum atomic E-state index is -0.0585. The summed E-state index contributed by atoms with van der Waals surface area (Å²) in [5.41, 5.74) is 2.49. The Kier molecular flexibility index (Phi) is 3.16. The van der Waals surface area contributed by atoms with Gasteiger partial charge in [0.15, 0.2) is 4.96 Å². The molecule has 1 N–H and O–H groups in total. The third-order valence-electron chi connectivity index (χ3n) is 3.41. The van der Waals surface area contributed by atoms with Gasteiger partial charge in [0.05, 0.1) is 19.1 Å². The van der Waals surface area contributed by atoms with E-state index in [1.165, 1.54) is 11.3 Å². The maximum Gasteiger partial charge on any atom is 0.274 e. The van der Waals surface area contributed by atoms with Gasteiger partial charge >= 0.3 is 0 Å². The molecular formula is C16H9IN2O2S. The minimum Gasteiger partial charge on any atom is -0.507 e. The van der Waals surface area contributed by atoms with Crippen LogP contribution in [0.25, 0.3) is 22.1 Å². The molecule has 0 unspecified atom stereocenters. The first-order valence-corrected chi connectivity index (χ1v) is 8.43. The molecule has 0 saturated carbocycles. The van der Waals surface area contributed by atoms with Crippen LogP contribution < -0.4 is 10.1 Å². The summed E-state index contributed by atoms with van der Waals surface area (Å²) in [6.07, 6.45) is 1.83. The molecule has 4 rings (SSSR count). The molecule has 2 aromatic heterocycles. The van der Waals surface area contributed by atoms with E-state index in [4.69, 9.17) is 0 Å². The van der Waals surface area contributed by atoms with Crippen LogP contribution in [0.15, 0.2) is 47.3 Å². The van der Waals surface area contributed by atoms with Crippen molar-refractivity contribution in [3.05, 3.63) is 66.5 Å². The fraction of sp³-hybridized carbons (Fsp3) is 0. The highest BCUT2D eigenvalue weighted by atomic mass is 127. The molecule has 0 spiro atoms. The highest BCUT2D eigenvalue weighted by molar-refractivity contribution is 14.1. The Hall–Kier alpha value is -1.93. The van der Waals surface area contributed by atoms with Gasteiger partial charge in [-0.15, -0.1) is 0 Å². The number of phenols is 1. The molecule has 0 radical (unpaired) electrons. The predicted octanol–water partition coefficient (Wildman–Crippen LogP) is 2.77. The quantitative estimate of drug-likeness (QED) is 0.482. The van der Waals surface area contributed by atoms with Gasteiger partial charge in [0.25, 0.3) is 5.56 Å². The van der Waals surface area contributed by atoms with Crippen molar-refractivity contribution in [1.82, 2.24) is 9.38 Å². The van der Waals surface area contributed by atoms with Crippen LogP contribution in [0, 0.1) is 3.57 Å². The van der Waals surface area contributed by atoms with Crippen LogP contribution in [0.2, 0.25) is 0 Å². The van der Waals surface area contributed by atoms with E-state index in [1.54, 1.807) is 16.5 Å². The normalized spacial score (nSPS) is 12.5. The highest BCUT2D eigenvalue weighted by Gasteiger charge is 2.10. The minimum absolute atomic E-state index is 0.0585. The Balaban J connectivity index is 1.99. The molecule has 108 valence electrons. The van der Waals surface area contributed by atoms with Crippen molar-refractivity contribution in [1.29, 1.82) is 0 Å². The smallest absolute Gasteiger partial charge is 0.274 e. The van der Waals surface area contributed by atoms with Crippen LogP contribution in [0.3, 0.4) is 0 Å². The second-order valence-electron chi connectivity index (χ2n) is 4.85. The molecule has 2 heterocycles. The van der Waals surface area contributed by atoms with E-state index < -0.39 is 0 Å². The van der Waals surface area contributed by atoms with Gasteiger partial charge in [-0.2, -0.15) is 0 Å². The molecule has 0 atom stereocenters. The number of hydrogen-bond donors (Lipinski definition) is 1. The van der Waals surface area contributed by atoms with Gasteiger partial charge in [0, 0.05) is 0 Å². The fourth-order valence-electron chi connectivity index (χ4n) is 2.38. The molecule has 4 nitrogen and oxygen atoms in total. The van der Waals surface area contributed by atoms with Crippen molar-refractivity contribution in [2.24, 2.45) is 0 Å². The van der Waals surface area contributed by atoms with E-state index >= 15 is 0 Å². The number of benzene rings is 2. The van der Waals surface area contributed by atoms with E-state index in [-0.39, 0.29) is 11.3 Å². The van der Waals surface area contributed by atoms with Gasteiger partial charge in [0.1, 0.15) is 5.75 Å². The van der Waals surface area contributed by atoms with Gasteiger partial charge in [-0.1, -0.05) is 29.5 Å². The maximum atomic E-state index is 12.6. The zero-order valence-corrected chi connectivity index (χ0v) is 14.1. The number of aromatic hydroxyl groups is 1. The van der Waals surface area contributed by atoms with E-state index in [0.29, 0.717) is 9.49 Å². The zero-order chi connectivity index (χ0) is 15.3. The third kappa shape index (κ3) is 2.10. The molecule has 0 bridgehead atoms. The lowest BCUT2D eigenvalue weighted by Crippen LogP contribution is -2.22. The number of aromatic nitrogens is 2. The standard InChI is InChI=1S/C16H9IN2O2S/c17-10-7-9(5-6-13(10)20)8-14-15(21)19-12-4-2-1-3-11(12)18-16(19)22-14/h1-8,20H. The van der Waals surface area contributed by atoms with Crippen LogP contribution in [0.1, 0.15) is 5.56 Å². The summed E-state index contributed by atoms with van der Waals surface area (Å²) in [6.45, 7) is 0. The molecule has 0 fully saturated rings. The molecule has 2 aromatic carbocycles. The zero-order valence-electron chi connectivity index (χ0n) is 11.2. The Morgan fingerprint density at radius 2 is 2.05 bits per heavy atom. The number of nitrogens with zero attached hydrogens (tertiary/aromatic N) is 2. The van der Waals surface area contributed by atoms with Crippen molar-refractivity contribution >= 4 is 56.0 Å². The van der Waals surface area contributed by atoms with E-state index in [0.717, 1.165) is 20.2 Å². The average Bonchev–Trinajstić information content (AvgIpc) is 3.00. The number of halogens is 1. The summed E-state index contributed by atoms with van der Waals surface area (Å²) in [7, 11) is 0. The Morgan fingerprint density at radius 1 is 1.23 bits per heavy atom. The van der Waals surface area contributed by atoms with Crippen LogP contribution >= 0.6 is 33.9 Å². The molecule has 0 aliphatic heterocycles. The lowest BCUT2D eigenvalue weighted by atomic mass is 10.2. The van der Waals surface area contributed by atoms with Crippen molar-refractivity contribution in [2.75, 3.05) is 0 Å². The molecule has 4 aromatic rings. The summed E-state index contributed by atoms with van der Waals surface area (Å²) in [6, 6.07) is 12.9. The Morgan fingerprint density at radius 3 is 2.86 bits per heavy atom. The lowest BCUT2D eigenvalue weighted by molar-refractivity contribution is 0.471. The van der Waals surface area contributed by atoms with Gasteiger partial charge in [-0.3, -0.25) is 4.79 Å². The molecule has 6 heteroatoms. The summed E-state index contributed by atoms with van der Waals surface area (Å²) >= 11 is 3.44. The maximum absolute atomic E-state index is 12.6. The van der Waals surface area contributed by atoms with Crippen LogP contribution in [-0.2, 0) is 0 Å². The van der Waals surface area contributed by atoms with Gasteiger partial charge in [-0.05, 0) is 58.5 Å². The van der Waals surface area contributed by atoms with E-state index in [1.807, 2.05) is 36.4 Å². The van der Waals surface area contributed by atoms with Gasteiger partial charge in [-0.25, -0.2) is 9.38 Å². The number of hydrogen-bond acceptors (Lipinski definition) is 4. The molecule has 0 aliphatic carbocycles. The summed E-state index contributed by atoms with van der Waals surface area (Å²) in [5, 5.41) is 9.57. The number of imidazole rings is 1. The fourth-order valence-corrected chi connectivity index (χ4v) is 3.90. The van der Waals surface area contributed by atoms with Crippen LogP contribution in [0.4, 0.5) is 0 Å². The number of fused-ring (bicyclic) bond motifs is 3. The Bertz CT molecular complexity index is 1130. The van der Waals surface area contributed by atoms with Gasteiger partial charge in [0.2, 0.25) is 0 Å². The van der Waals surface area contributed by atoms with Crippen LogP contribution in [0.5, 0.6) is 5.75 Å². The third-order valence-corrected chi connectivity index (χ3v) is 5.25. The molecule has 0 saturated heterocycles. The van der Waals surface area contributed by atoms with Crippen molar-refractivity contribution in [3.8, 4) is 5.75 Å². The lowest BCUT2D eigenvalue weighted by Gasteiger charge is -1.97. The van der Waals surface area contributed by atoms with Crippen molar-refractivity contribution < 1.29 is 5.11 Å². The topological polar surface area (TPSA) is 54.6 Å². The second-order valence-corrected chi connectivity index (χ2v) is 7.02. The summed E-state index contributed by atoms with van der Waals surface area (Å²) < 4.78 is 3.04. The first-order valence-electron chi connectivity index (χ1n) is 6.54. The Labute approximate surface area is 142 Å². The average molecular weight is 420 g/mol. The number of thiazole rings is 1. The van der Waals surface area contributed by atoms with E-state index in [9.17, 15) is 9.90 Å². The van der Waals surface area contributed by atoms with Crippen molar-refractivity contribution in [2.45, 2.75) is 0 Å². The molecule has 0 amide bonds. The SMILES string of the molecule is O=c1c(=Cc2ccc(O)c(I)c2)sc2nc3ccccc3n12. The first-order chi connectivity index (χ1) is 10.6. The first kappa shape index (κ1) is 13.7. The molecule has 0 aliphatic rings.